The number of likely N-dealkylation sites (tertiary alicyclic amines) is 2. The van der Waals surface area contributed by atoms with Crippen molar-refractivity contribution in [2.24, 2.45) is 5.41 Å². The van der Waals surface area contributed by atoms with Gasteiger partial charge in [-0.1, -0.05) is 6.92 Å². The van der Waals surface area contributed by atoms with Gasteiger partial charge in [-0.15, -0.1) is 0 Å². The summed E-state index contributed by atoms with van der Waals surface area (Å²) in [6.45, 7) is 8.69. The van der Waals surface area contributed by atoms with Crippen LogP contribution in [-0.2, 0) is 0 Å². The lowest BCUT2D eigenvalue weighted by molar-refractivity contribution is 0.00293. The fourth-order valence-corrected chi connectivity index (χ4v) is 3.42. The van der Waals surface area contributed by atoms with Crippen molar-refractivity contribution in [1.82, 2.24) is 9.80 Å². The highest BCUT2D eigenvalue weighted by atomic mass is 15.3. The van der Waals surface area contributed by atoms with E-state index in [0.29, 0.717) is 11.0 Å². The van der Waals surface area contributed by atoms with Crippen molar-refractivity contribution in [2.45, 2.75) is 32.2 Å². The van der Waals surface area contributed by atoms with Crippen molar-refractivity contribution < 1.29 is 0 Å². The monoisotopic (exact) mass is 182 g/mol. The van der Waals surface area contributed by atoms with Crippen molar-refractivity contribution in [2.75, 3.05) is 33.7 Å². The Hall–Kier alpha value is -0.0800. The van der Waals surface area contributed by atoms with E-state index in [1.54, 1.807) is 0 Å². The van der Waals surface area contributed by atoms with Gasteiger partial charge in [-0.3, -0.25) is 4.90 Å². The first-order valence-corrected chi connectivity index (χ1v) is 5.38. The molecular formula is C11H22N2. The number of hydrogen-bond donors (Lipinski definition) is 0. The molecule has 0 aliphatic carbocycles. The van der Waals surface area contributed by atoms with E-state index >= 15 is 0 Å². The van der Waals surface area contributed by atoms with Crippen LogP contribution in [0.4, 0.5) is 0 Å². The topological polar surface area (TPSA) is 6.48 Å². The molecule has 0 aromatic heterocycles. The standard InChI is InChI=1S/C11H22N2/c1-10-6-5-7-13(4)11(10,2)9-12(3)8-10/h5-9H2,1-4H3/t10-,11+/m1/s1. The lowest BCUT2D eigenvalue weighted by Gasteiger charge is -2.50. The van der Waals surface area contributed by atoms with E-state index in [9.17, 15) is 0 Å². The van der Waals surface area contributed by atoms with Gasteiger partial charge in [0.2, 0.25) is 0 Å². The van der Waals surface area contributed by atoms with E-state index in [1.807, 2.05) is 0 Å². The maximum absolute atomic E-state index is 2.57. The minimum Gasteiger partial charge on any atom is -0.304 e. The molecule has 0 amide bonds. The van der Waals surface area contributed by atoms with Gasteiger partial charge < -0.3 is 4.90 Å². The van der Waals surface area contributed by atoms with Crippen LogP contribution in [0.5, 0.6) is 0 Å². The maximum atomic E-state index is 2.57. The Morgan fingerprint density at radius 1 is 1.08 bits per heavy atom. The van der Waals surface area contributed by atoms with Gasteiger partial charge >= 0.3 is 0 Å². The van der Waals surface area contributed by atoms with Crippen LogP contribution in [0.1, 0.15) is 26.7 Å². The van der Waals surface area contributed by atoms with Crippen LogP contribution in [0, 0.1) is 5.41 Å². The Kier molecular flexibility index (Phi) is 1.97. The van der Waals surface area contributed by atoms with Crippen LogP contribution >= 0.6 is 0 Å². The fraction of sp³-hybridized carbons (Fsp3) is 1.00. The average Bonchev–Trinajstić information content (AvgIpc) is 2.23. The fourth-order valence-electron chi connectivity index (χ4n) is 3.42. The average molecular weight is 182 g/mol. The molecule has 2 rings (SSSR count). The highest BCUT2D eigenvalue weighted by Gasteiger charge is 2.54. The van der Waals surface area contributed by atoms with Gasteiger partial charge in [0.15, 0.2) is 0 Å². The van der Waals surface area contributed by atoms with Crippen LogP contribution in [0.25, 0.3) is 0 Å². The SMILES string of the molecule is CN1C[C@@]2(C)CCCN(C)[C@@]2(C)C1. The first-order chi connectivity index (χ1) is 5.98. The molecule has 0 aromatic carbocycles. The van der Waals surface area contributed by atoms with E-state index < -0.39 is 0 Å². The molecule has 2 fully saturated rings. The molecule has 2 aliphatic heterocycles. The molecule has 76 valence electrons. The summed E-state index contributed by atoms with van der Waals surface area (Å²) in [5, 5.41) is 0. The second-order valence-electron chi connectivity index (χ2n) is 5.53. The smallest absolute Gasteiger partial charge is 0.0370 e. The zero-order valence-corrected chi connectivity index (χ0v) is 9.43. The zero-order chi connectivity index (χ0) is 9.69. The predicted molar refractivity (Wildman–Crippen MR) is 55.9 cm³/mol. The van der Waals surface area contributed by atoms with Crippen molar-refractivity contribution >= 4 is 0 Å². The van der Waals surface area contributed by atoms with Crippen molar-refractivity contribution in [3.05, 3.63) is 0 Å². The molecule has 0 radical (unpaired) electrons. The van der Waals surface area contributed by atoms with Gasteiger partial charge in [0, 0.05) is 18.6 Å². The highest BCUT2D eigenvalue weighted by molar-refractivity contribution is 5.10. The molecule has 0 spiro atoms. The molecule has 2 heteroatoms. The molecule has 0 saturated carbocycles. The van der Waals surface area contributed by atoms with Gasteiger partial charge in [-0.25, -0.2) is 0 Å². The van der Waals surface area contributed by atoms with Crippen LogP contribution in [0.15, 0.2) is 0 Å². The summed E-state index contributed by atoms with van der Waals surface area (Å²) in [5.41, 5.74) is 0.939. The molecule has 2 heterocycles. The summed E-state index contributed by atoms with van der Waals surface area (Å²) in [5.74, 6) is 0. The summed E-state index contributed by atoms with van der Waals surface area (Å²) in [6, 6.07) is 0. The second kappa shape index (κ2) is 2.71. The molecule has 13 heavy (non-hydrogen) atoms. The van der Waals surface area contributed by atoms with Crippen LogP contribution in [0.2, 0.25) is 0 Å². The molecule has 2 saturated heterocycles. The number of likely N-dealkylation sites (N-methyl/N-ethyl adjacent to an activating group) is 2. The minimum absolute atomic E-state index is 0.417. The molecule has 0 unspecified atom stereocenters. The Morgan fingerprint density at radius 3 is 2.38 bits per heavy atom. The normalized spacial score (nSPS) is 48.0. The maximum Gasteiger partial charge on any atom is 0.0370 e. The zero-order valence-electron chi connectivity index (χ0n) is 9.43. The quantitative estimate of drug-likeness (QED) is 0.559. The first-order valence-electron chi connectivity index (χ1n) is 5.38. The van der Waals surface area contributed by atoms with Gasteiger partial charge in [0.25, 0.3) is 0 Å². The highest BCUT2D eigenvalue weighted by Crippen LogP contribution is 2.48. The lowest BCUT2D eigenvalue weighted by atomic mass is 9.68. The van der Waals surface area contributed by atoms with E-state index in [2.05, 4.69) is 37.7 Å². The first kappa shape index (κ1) is 9.47. The summed E-state index contributed by atoms with van der Waals surface area (Å²) < 4.78 is 0. The summed E-state index contributed by atoms with van der Waals surface area (Å²) in [4.78, 5) is 5.06. The second-order valence-corrected chi connectivity index (χ2v) is 5.53. The van der Waals surface area contributed by atoms with Crippen LogP contribution in [-0.4, -0.2) is 49.1 Å². The van der Waals surface area contributed by atoms with Gasteiger partial charge in [0.05, 0.1) is 0 Å². The largest absolute Gasteiger partial charge is 0.304 e. The Labute approximate surface area is 81.9 Å². The lowest BCUT2D eigenvalue weighted by Crippen LogP contribution is -2.58. The molecule has 2 aliphatic rings. The predicted octanol–water partition coefficient (Wildman–Crippen LogP) is 1.42. The van der Waals surface area contributed by atoms with Crippen LogP contribution < -0.4 is 0 Å². The van der Waals surface area contributed by atoms with Crippen LogP contribution in [0.3, 0.4) is 0 Å². The number of rotatable bonds is 0. The third-order valence-electron chi connectivity index (χ3n) is 4.56. The third-order valence-corrected chi connectivity index (χ3v) is 4.56. The summed E-state index contributed by atoms with van der Waals surface area (Å²) in [7, 11) is 4.54. The number of hydrogen-bond acceptors (Lipinski definition) is 2. The van der Waals surface area contributed by atoms with Gasteiger partial charge in [-0.05, 0) is 45.8 Å². The molecule has 0 aromatic rings. The molecule has 2 nitrogen and oxygen atoms in total. The Balaban J connectivity index is 2.31. The molecule has 2 atom stereocenters. The summed E-state index contributed by atoms with van der Waals surface area (Å²) >= 11 is 0. The molecule has 0 N–H and O–H groups in total. The molecule has 0 bridgehead atoms. The van der Waals surface area contributed by atoms with Crippen molar-refractivity contribution in [3.8, 4) is 0 Å². The van der Waals surface area contributed by atoms with E-state index in [4.69, 9.17) is 0 Å². The van der Waals surface area contributed by atoms with Crippen molar-refractivity contribution in [3.63, 3.8) is 0 Å². The van der Waals surface area contributed by atoms with Gasteiger partial charge in [0.1, 0.15) is 0 Å². The Morgan fingerprint density at radius 2 is 1.77 bits per heavy atom. The Bertz CT molecular complexity index is 216. The van der Waals surface area contributed by atoms with E-state index in [0.717, 1.165) is 0 Å². The third kappa shape index (κ3) is 1.15. The number of fused-ring (bicyclic) bond motifs is 1. The summed E-state index contributed by atoms with van der Waals surface area (Å²) in [6.07, 6.45) is 2.77. The number of nitrogens with zero attached hydrogens (tertiary/aromatic N) is 2. The van der Waals surface area contributed by atoms with E-state index in [1.165, 1.54) is 32.5 Å². The minimum atomic E-state index is 0.417. The van der Waals surface area contributed by atoms with E-state index in [-0.39, 0.29) is 0 Å². The van der Waals surface area contributed by atoms with Crippen molar-refractivity contribution in [1.29, 1.82) is 0 Å². The van der Waals surface area contributed by atoms with Gasteiger partial charge in [-0.2, -0.15) is 0 Å². The molecular weight excluding hydrogens is 160 g/mol. The number of piperidine rings is 1.